The van der Waals surface area contributed by atoms with E-state index in [4.69, 9.17) is 0 Å². The average Bonchev–Trinajstić information content (AvgIpc) is 2.79. The second-order valence-corrected chi connectivity index (χ2v) is 6.90. The summed E-state index contributed by atoms with van der Waals surface area (Å²) in [5, 5.41) is 3.29. The monoisotopic (exact) mass is 391 g/mol. The molecule has 6 nitrogen and oxygen atoms in total. The number of carbonyl (C=O) groups is 1. The van der Waals surface area contributed by atoms with E-state index < -0.39 is 0 Å². The molecule has 0 atom stereocenters. The molecule has 2 aromatic heterocycles. The Hall–Kier alpha value is -3.48. The van der Waals surface area contributed by atoms with Gasteiger partial charge in [-0.15, -0.1) is 0 Å². The molecule has 4 rings (SSSR count). The molecule has 3 aromatic rings. The van der Waals surface area contributed by atoms with Crippen LogP contribution >= 0.6 is 0 Å². The molecule has 1 fully saturated rings. The fourth-order valence-electron chi connectivity index (χ4n) is 3.31. The van der Waals surface area contributed by atoms with Crippen molar-refractivity contribution in [1.29, 1.82) is 0 Å². The maximum absolute atomic E-state index is 13.1. The number of rotatable bonds is 5. The highest BCUT2D eigenvalue weighted by molar-refractivity contribution is 5.92. The van der Waals surface area contributed by atoms with Crippen molar-refractivity contribution in [2.24, 2.45) is 0 Å². The zero-order valence-corrected chi connectivity index (χ0v) is 16.0. The van der Waals surface area contributed by atoms with Gasteiger partial charge in [-0.2, -0.15) is 0 Å². The number of pyridine rings is 2. The van der Waals surface area contributed by atoms with Gasteiger partial charge in [0.15, 0.2) is 0 Å². The van der Waals surface area contributed by atoms with Gasteiger partial charge in [0.1, 0.15) is 11.5 Å². The summed E-state index contributed by atoms with van der Waals surface area (Å²) in [6, 6.07) is 14.0. The summed E-state index contributed by atoms with van der Waals surface area (Å²) in [4.78, 5) is 25.0. The van der Waals surface area contributed by atoms with E-state index in [-0.39, 0.29) is 11.7 Å². The number of nitrogens with one attached hydrogen (secondary N) is 1. The first-order chi connectivity index (χ1) is 14.2. The van der Waals surface area contributed by atoms with Crippen LogP contribution in [-0.4, -0.2) is 47.0 Å². The van der Waals surface area contributed by atoms with Crippen molar-refractivity contribution < 1.29 is 9.18 Å². The lowest BCUT2D eigenvalue weighted by atomic mass is 10.2. The lowest BCUT2D eigenvalue weighted by molar-refractivity contribution is 0.0741. The number of carbonyl (C=O) groups excluding carboxylic acids is 1. The van der Waals surface area contributed by atoms with E-state index in [1.165, 1.54) is 12.1 Å². The van der Waals surface area contributed by atoms with E-state index in [0.29, 0.717) is 38.4 Å². The molecule has 0 unspecified atom stereocenters. The number of anilines is 2. The SMILES string of the molecule is O=C(c1ccc(NCc2ccncc2)cn1)N1CCN(c2ccc(F)cc2)CC1. The van der Waals surface area contributed by atoms with Gasteiger partial charge in [0, 0.05) is 50.8 Å². The molecule has 1 amide bonds. The molecule has 29 heavy (non-hydrogen) atoms. The van der Waals surface area contributed by atoms with Gasteiger partial charge in [-0.05, 0) is 54.1 Å². The molecule has 1 N–H and O–H groups in total. The Morgan fingerprint density at radius 3 is 2.34 bits per heavy atom. The van der Waals surface area contributed by atoms with Crippen LogP contribution in [0.25, 0.3) is 0 Å². The minimum Gasteiger partial charge on any atom is -0.380 e. The summed E-state index contributed by atoms with van der Waals surface area (Å²) in [6.45, 7) is 3.31. The third kappa shape index (κ3) is 4.68. The normalized spacial score (nSPS) is 14.0. The number of hydrogen-bond acceptors (Lipinski definition) is 5. The third-order valence-electron chi connectivity index (χ3n) is 4.99. The Balaban J connectivity index is 1.31. The molecule has 0 bridgehead atoms. The molecule has 1 aliphatic rings. The molecule has 0 spiro atoms. The summed E-state index contributed by atoms with van der Waals surface area (Å²) >= 11 is 0. The average molecular weight is 391 g/mol. The number of aromatic nitrogens is 2. The van der Waals surface area contributed by atoms with Crippen LogP contribution in [-0.2, 0) is 6.54 Å². The van der Waals surface area contributed by atoms with Crippen molar-refractivity contribution >= 4 is 17.3 Å². The fourth-order valence-corrected chi connectivity index (χ4v) is 3.31. The first kappa shape index (κ1) is 18.9. The first-order valence-corrected chi connectivity index (χ1v) is 9.58. The maximum Gasteiger partial charge on any atom is 0.272 e. The van der Waals surface area contributed by atoms with Crippen molar-refractivity contribution in [3.05, 3.63) is 84.2 Å². The first-order valence-electron chi connectivity index (χ1n) is 9.58. The quantitative estimate of drug-likeness (QED) is 0.724. The van der Waals surface area contributed by atoms with Crippen molar-refractivity contribution in [3.63, 3.8) is 0 Å². The standard InChI is InChI=1S/C22H22FN5O/c23-18-1-4-20(5-2-18)27-11-13-28(14-12-27)22(29)21-6-3-19(16-26-21)25-15-17-7-9-24-10-8-17/h1-10,16,25H,11-15H2. The Morgan fingerprint density at radius 2 is 1.69 bits per heavy atom. The number of benzene rings is 1. The van der Waals surface area contributed by atoms with Crippen molar-refractivity contribution in [3.8, 4) is 0 Å². The molecule has 148 valence electrons. The molecular weight excluding hydrogens is 369 g/mol. The fraction of sp³-hybridized carbons (Fsp3) is 0.227. The summed E-state index contributed by atoms with van der Waals surface area (Å²) in [5.41, 5.74) is 3.40. The van der Waals surface area contributed by atoms with E-state index in [0.717, 1.165) is 16.9 Å². The van der Waals surface area contributed by atoms with Crippen LogP contribution in [0.2, 0.25) is 0 Å². The molecule has 1 aliphatic heterocycles. The second-order valence-electron chi connectivity index (χ2n) is 6.90. The van der Waals surface area contributed by atoms with E-state index in [1.807, 2.05) is 23.1 Å². The lowest BCUT2D eigenvalue weighted by Gasteiger charge is -2.36. The minimum absolute atomic E-state index is 0.0653. The van der Waals surface area contributed by atoms with Gasteiger partial charge < -0.3 is 15.1 Å². The second kappa shape index (κ2) is 8.68. The van der Waals surface area contributed by atoms with Crippen LogP contribution in [0.1, 0.15) is 16.1 Å². The Labute approximate surface area is 169 Å². The zero-order valence-electron chi connectivity index (χ0n) is 16.0. The number of amides is 1. The van der Waals surface area contributed by atoms with Gasteiger partial charge in [0.2, 0.25) is 0 Å². The van der Waals surface area contributed by atoms with Crippen LogP contribution in [0.3, 0.4) is 0 Å². The van der Waals surface area contributed by atoms with Gasteiger partial charge >= 0.3 is 0 Å². The van der Waals surface area contributed by atoms with Crippen molar-refractivity contribution in [2.45, 2.75) is 6.54 Å². The highest BCUT2D eigenvalue weighted by atomic mass is 19.1. The van der Waals surface area contributed by atoms with Gasteiger partial charge in [0.25, 0.3) is 5.91 Å². The van der Waals surface area contributed by atoms with E-state index >= 15 is 0 Å². The third-order valence-corrected chi connectivity index (χ3v) is 4.99. The van der Waals surface area contributed by atoms with E-state index in [1.54, 1.807) is 36.8 Å². The van der Waals surface area contributed by atoms with Gasteiger partial charge in [-0.3, -0.25) is 9.78 Å². The Kier molecular flexibility index (Phi) is 5.65. The predicted octanol–water partition coefficient (Wildman–Crippen LogP) is 3.19. The highest BCUT2D eigenvalue weighted by Gasteiger charge is 2.23. The maximum atomic E-state index is 13.1. The zero-order chi connectivity index (χ0) is 20.1. The smallest absolute Gasteiger partial charge is 0.272 e. The molecular formula is C22H22FN5O. The molecule has 7 heteroatoms. The molecule has 0 aliphatic carbocycles. The van der Waals surface area contributed by atoms with E-state index in [2.05, 4.69) is 20.2 Å². The van der Waals surface area contributed by atoms with Crippen LogP contribution in [0.5, 0.6) is 0 Å². The summed E-state index contributed by atoms with van der Waals surface area (Å²) in [5.74, 6) is -0.309. The summed E-state index contributed by atoms with van der Waals surface area (Å²) in [7, 11) is 0. The molecule has 1 saturated heterocycles. The predicted molar refractivity (Wildman–Crippen MR) is 110 cm³/mol. The van der Waals surface area contributed by atoms with Crippen molar-refractivity contribution in [1.82, 2.24) is 14.9 Å². The molecule has 0 saturated carbocycles. The van der Waals surface area contributed by atoms with Crippen LogP contribution in [0.4, 0.5) is 15.8 Å². The Morgan fingerprint density at radius 1 is 0.966 bits per heavy atom. The molecule has 0 radical (unpaired) electrons. The van der Waals surface area contributed by atoms with Crippen LogP contribution in [0, 0.1) is 5.82 Å². The van der Waals surface area contributed by atoms with Gasteiger partial charge in [-0.1, -0.05) is 0 Å². The number of nitrogens with zero attached hydrogens (tertiary/aromatic N) is 4. The van der Waals surface area contributed by atoms with Gasteiger partial charge in [0.05, 0.1) is 11.9 Å². The van der Waals surface area contributed by atoms with Crippen LogP contribution < -0.4 is 10.2 Å². The summed E-state index contributed by atoms with van der Waals surface area (Å²) in [6.07, 6.45) is 5.20. The summed E-state index contributed by atoms with van der Waals surface area (Å²) < 4.78 is 13.1. The largest absolute Gasteiger partial charge is 0.380 e. The van der Waals surface area contributed by atoms with E-state index in [9.17, 15) is 9.18 Å². The molecule has 3 heterocycles. The number of hydrogen-bond donors (Lipinski definition) is 1. The lowest BCUT2D eigenvalue weighted by Crippen LogP contribution is -2.49. The Bertz CT molecular complexity index is 939. The highest BCUT2D eigenvalue weighted by Crippen LogP contribution is 2.18. The number of piperazine rings is 1. The number of halogens is 1. The topological polar surface area (TPSA) is 61.4 Å². The van der Waals surface area contributed by atoms with Crippen molar-refractivity contribution in [2.75, 3.05) is 36.4 Å². The van der Waals surface area contributed by atoms with Crippen LogP contribution in [0.15, 0.2) is 67.1 Å². The minimum atomic E-state index is -0.243. The van der Waals surface area contributed by atoms with Gasteiger partial charge in [-0.25, -0.2) is 9.37 Å². The molecule has 1 aromatic carbocycles.